The third-order valence-corrected chi connectivity index (χ3v) is 5.09. The van der Waals surface area contributed by atoms with E-state index in [-0.39, 0.29) is 17.6 Å². The molecule has 1 aromatic carbocycles. The molecule has 0 bridgehead atoms. The van der Waals surface area contributed by atoms with Crippen LogP contribution in [-0.4, -0.2) is 26.6 Å². The summed E-state index contributed by atoms with van der Waals surface area (Å²) in [6, 6.07) is 8.43. The number of anilines is 1. The fourth-order valence-corrected chi connectivity index (χ4v) is 3.43. The number of carbonyl (C=O) groups excluding carboxylic acids is 2. The summed E-state index contributed by atoms with van der Waals surface area (Å²) in [5.41, 5.74) is 1.88. The monoisotopic (exact) mass is 393 g/mol. The molecule has 0 saturated heterocycles. The van der Waals surface area contributed by atoms with E-state index < -0.39 is 0 Å². The first-order valence-corrected chi connectivity index (χ1v) is 9.76. The summed E-state index contributed by atoms with van der Waals surface area (Å²) in [7, 11) is 0. The zero-order valence-corrected chi connectivity index (χ0v) is 16.3. The molecule has 1 aliphatic heterocycles. The average Bonchev–Trinajstić information content (AvgIpc) is 3.33. The van der Waals surface area contributed by atoms with E-state index in [1.165, 1.54) is 12.7 Å². The second kappa shape index (κ2) is 8.30. The molecule has 0 aliphatic carbocycles. The molecular weight excluding hydrogens is 370 g/mol. The lowest BCUT2D eigenvalue weighted by molar-refractivity contribution is 0.0947. The van der Waals surface area contributed by atoms with Gasteiger partial charge in [0.25, 0.3) is 11.8 Å². The minimum absolute atomic E-state index is 0.215. The Kier molecular flexibility index (Phi) is 5.41. The summed E-state index contributed by atoms with van der Waals surface area (Å²) < 4.78 is 7.22. The number of rotatable bonds is 5. The Labute approximate surface area is 168 Å². The second-order valence-electron chi connectivity index (χ2n) is 7.14. The highest BCUT2D eigenvalue weighted by atomic mass is 16.3. The molecule has 0 radical (unpaired) electrons. The third kappa shape index (κ3) is 4.21. The number of amides is 2. The topological polar surface area (TPSA) is 102 Å². The van der Waals surface area contributed by atoms with Crippen molar-refractivity contribution in [2.75, 3.05) is 5.32 Å². The molecular formula is C21H23N5O3. The number of benzene rings is 1. The van der Waals surface area contributed by atoms with E-state index in [0.717, 1.165) is 43.0 Å². The highest BCUT2D eigenvalue weighted by molar-refractivity contribution is 6.03. The van der Waals surface area contributed by atoms with Crippen LogP contribution in [0.2, 0.25) is 0 Å². The van der Waals surface area contributed by atoms with Crippen molar-refractivity contribution in [2.24, 2.45) is 0 Å². The Morgan fingerprint density at radius 3 is 2.86 bits per heavy atom. The predicted octanol–water partition coefficient (Wildman–Crippen LogP) is 3.09. The van der Waals surface area contributed by atoms with Crippen LogP contribution in [0.25, 0.3) is 0 Å². The molecule has 150 valence electrons. The fourth-order valence-electron chi connectivity index (χ4n) is 3.43. The molecule has 3 aromatic rings. The van der Waals surface area contributed by atoms with Crippen molar-refractivity contribution in [3.63, 3.8) is 0 Å². The van der Waals surface area contributed by atoms with Gasteiger partial charge in [-0.1, -0.05) is 12.5 Å². The normalized spacial score (nSPS) is 13.4. The molecule has 2 aromatic heterocycles. The predicted molar refractivity (Wildman–Crippen MR) is 107 cm³/mol. The van der Waals surface area contributed by atoms with Gasteiger partial charge in [0, 0.05) is 24.2 Å². The Hall–Kier alpha value is -3.42. The van der Waals surface area contributed by atoms with E-state index in [1.807, 2.05) is 6.92 Å². The highest BCUT2D eigenvalue weighted by Crippen LogP contribution is 2.19. The van der Waals surface area contributed by atoms with Gasteiger partial charge in [0.05, 0.1) is 12.8 Å². The second-order valence-corrected chi connectivity index (χ2v) is 7.14. The summed E-state index contributed by atoms with van der Waals surface area (Å²) >= 11 is 0. The number of carbonyl (C=O) groups is 2. The molecule has 2 N–H and O–H groups in total. The SMILES string of the molecule is Cc1ccc(C(=O)NCc2nnc3n2CCCCC3)cc1NC(=O)c1ccco1. The summed E-state index contributed by atoms with van der Waals surface area (Å²) in [6.07, 6.45) is 5.78. The first-order valence-electron chi connectivity index (χ1n) is 9.76. The van der Waals surface area contributed by atoms with Crippen molar-refractivity contribution in [2.45, 2.75) is 45.7 Å². The van der Waals surface area contributed by atoms with Crippen LogP contribution < -0.4 is 10.6 Å². The van der Waals surface area contributed by atoms with Crippen molar-refractivity contribution in [3.05, 3.63) is 65.1 Å². The largest absolute Gasteiger partial charge is 0.459 e. The number of aryl methyl sites for hydroxylation is 2. The van der Waals surface area contributed by atoms with Crippen LogP contribution in [0.5, 0.6) is 0 Å². The molecule has 0 saturated carbocycles. The van der Waals surface area contributed by atoms with E-state index >= 15 is 0 Å². The number of hydrogen-bond acceptors (Lipinski definition) is 5. The molecule has 0 fully saturated rings. The van der Waals surface area contributed by atoms with E-state index in [4.69, 9.17) is 4.42 Å². The molecule has 8 nitrogen and oxygen atoms in total. The molecule has 0 unspecified atom stereocenters. The Balaban J connectivity index is 1.44. The lowest BCUT2D eigenvalue weighted by atomic mass is 10.1. The van der Waals surface area contributed by atoms with Gasteiger partial charge < -0.3 is 19.6 Å². The van der Waals surface area contributed by atoms with Crippen molar-refractivity contribution in [1.82, 2.24) is 20.1 Å². The van der Waals surface area contributed by atoms with Crippen LogP contribution in [0.15, 0.2) is 41.0 Å². The van der Waals surface area contributed by atoms with Gasteiger partial charge >= 0.3 is 0 Å². The molecule has 1 aliphatic rings. The van der Waals surface area contributed by atoms with Crippen LogP contribution in [0.1, 0.15) is 57.4 Å². The minimum Gasteiger partial charge on any atom is -0.459 e. The van der Waals surface area contributed by atoms with Crippen LogP contribution in [-0.2, 0) is 19.5 Å². The Bertz CT molecular complexity index is 1020. The minimum atomic E-state index is -0.359. The van der Waals surface area contributed by atoms with E-state index in [0.29, 0.717) is 17.8 Å². The molecule has 8 heteroatoms. The van der Waals surface area contributed by atoms with Crippen molar-refractivity contribution >= 4 is 17.5 Å². The first kappa shape index (κ1) is 18.9. The number of nitrogens with one attached hydrogen (secondary N) is 2. The Morgan fingerprint density at radius 2 is 2.03 bits per heavy atom. The summed E-state index contributed by atoms with van der Waals surface area (Å²) in [6.45, 7) is 3.07. The van der Waals surface area contributed by atoms with Gasteiger partial charge in [0.2, 0.25) is 0 Å². The lowest BCUT2D eigenvalue weighted by Gasteiger charge is -2.11. The quantitative estimate of drug-likeness (QED) is 0.693. The Morgan fingerprint density at radius 1 is 1.14 bits per heavy atom. The summed E-state index contributed by atoms with van der Waals surface area (Å²) in [4.78, 5) is 24.9. The van der Waals surface area contributed by atoms with Gasteiger partial charge in [0.1, 0.15) is 5.82 Å². The maximum Gasteiger partial charge on any atom is 0.291 e. The zero-order chi connectivity index (χ0) is 20.2. The number of aromatic nitrogens is 3. The highest BCUT2D eigenvalue weighted by Gasteiger charge is 2.16. The summed E-state index contributed by atoms with van der Waals surface area (Å²) in [5, 5.41) is 14.2. The smallest absolute Gasteiger partial charge is 0.291 e. The van der Waals surface area contributed by atoms with E-state index in [1.54, 1.807) is 30.3 Å². The maximum atomic E-state index is 12.7. The van der Waals surface area contributed by atoms with Gasteiger partial charge in [-0.05, 0) is 49.6 Å². The van der Waals surface area contributed by atoms with Gasteiger partial charge in [-0.2, -0.15) is 0 Å². The van der Waals surface area contributed by atoms with E-state index in [2.05, 4.69) is 25.4 Å². The molecule has 0 atom stereocenters. The lowest BCUT2D eigenvalue weighted by Crippen LogP contribution is -2.25. The molecule has 2 amide bonds. The number of nitrogens with zero attached hydrogens (tertiary/aromatic N) is 3. The zero-order valence-electron chi connectivity index (χ0n) is 16.3. The molecule has 0 spiro atoms. The standard InChI is InChI=1S/C21H23N5O3/c1-14-8-9-15(12-16(14)23-21(28)17-6-5-11-29-17)20(27)22-13-19-25-24-18-7-3-2-4-10-26(18)19/h5-6,8-9,11-12H,2-4,7,10,13H2,1H3,(H,22,27)(H,23,28). The van der Waals surface area contributed by atoms with Crippen LogP contribution in [0.3, 0.4) is 0 Å². The van der Waals surface area contributed by atoms with Gasteiger partial charge in [0.15, 0.2) is 11.6 Å². The number of fused-ring (bicyclic) bond motifs is 1. The van der Waals surface area contributed by atoms with Crippen LogP contribution in [0, 0.1) is 6.92 Å². The van der Waals surface area contributed by atoms with Crippen molar-refractivity contribution in [3.8, 4) is 0 Å². The first-order chi connectivity index (χ1) is 14.1. The maximum absolute atomic E-state index is 12.7. The van der Waals surface area contributed by atoms with Gasteiger partial charge in [-0.25, -0.2) is 0 Å². The molecule has 4 rings (SSSR count). The van der Waals surface area contributed by atoms with E-state index in [9.17, 15) is 9.59 Å². The number of hydrogen-bond donors (Lipinski definition) is 2. The van der Waals surface area contributed by atoms with Crippen LogP contribution in [0.4, 0.5) is 5.69 Å². The average molecular weight is 393 g/mol. The van der Waals surface area contributed by atoms with Gasteiger partial charge in [-0.3, -0.25) is 9.59 Å². The van der Waals surface area contributed by atoms with Gasteiger partial charge in [-0.15, -0.1) is 10.2 Å². The van der Waals surface area contributed by atoms with Crippen LogP contribution >= 0.6 is 0 Å². The molecule has 29 heavy (non-hydrogen) atoms. The molecule has 3 heterocycles. The fraction of sp³-hybridized carbons (Fsp3) is 0.333. The summed E-state index contributed by atoms with van der Waals surface area (Å²) in [5.74, 6) is 1.39. The van der Waals surface area contributed by atoms with Crippen molar-refractivity contribution < 1.29 is 14.0 Å². The van der Waals surface area contributed by atoms with Crippen molar-refractivity contribution in [1.29, 1.82) is 0 Å². The number of furan rings is 1. The third-order valence-electron chi connectivity index (χ3n) is 5.09.